The van der Waals surface area contributed by atoms with Gasteiger partial charge in [0.15, 0.2) is 5.96 Å². The molecule has 0 bridgehead atoms. The summed E-state index contributed by atoms with van der Waals surface area (Å²) in [6.07, 6.45) is 3.22. The Bertz CT molecular complexity index is 516. The summed E-state index contributed by atoms with van der Waals surface area (Å²) in [6.45, 7) is 1.59. The number of piperidine rings is 1. The topological polar surface area (TPSA) is 88.6 Å². The van der Waals surface area contributed by atoms with E-state index in [0.29, 0.717) is 18.1 Å². The number of hydrogen-bond donors (Lipinski definition) is 2. The number of hydrogen-bond acceptors (Lipinski definition) is 4. The SMILES string of the molecule is COc1ccc(OC(=O)CCC2CCCN(C(=N)N)C2)cc1. The number of carbonyl (C=O) groups is 1. The zero-order valence-electron chi connectivity index (χ0n) is 12.9. The van der Waals surface area contributed by atoms with Crippen molar-refractivity contribution in [3.05, 3.63) is 24.3 Å². The molecule has 0 amide bonds. The quantitative estimate of drug-likeness (QED) is 0.376. The van der Waals surface area contributed by atoms with Gasteiger partial charge in [-0.15, -0.1) is 0 Å². The Morgan fingerprint density at radius 1 is 1.36 bits per heavy atom. The van der Waals surface area contributed by atoms with Gasteiger partial charge < -0.3 is 20.1 Å². The molecule has 1 aliphatic heterocycles. The Kier molecular flexibility index (Phi) is 5.63. The van der Waals surface area contributed by atoms with Crippen LogP contribution in [-0.4, -0.2) is 37.0 Å². The van der Waals surface area contributed by atoms with E-state index in [0.717, 1.165) is 38.1 Å². The predicted octanol–water partition coefficient (Wildman–Crippen LogP) is 1.99. The second-order valence-electron chi connectivity index (χ2n) is 5.53. The molecule has 6 heteroatoms. The van der Waals surface area contributed by atoms with E-state index in [-0.39, 0.29) is 11.9 Å². The molecular formula is C16H23N3O3. The van der Waals surface area contributed by atoms with Crippen LogP contribution in [0.5, 0.6) is 11.5 Å². The number of benzene rings is 1. The summed E-state index contributed by atoms with van der Waals surface area (Å²) in [5, 5.41) is 7.48. The number of nitrogens with one attached hydrogen (secondary N) is 1. The molecule has 3 N–H and O–H groups in total. The highest BCUT2D eigenvalue weighted by atomic mass is 16.5. The predicted molar refractivity (Wildman–Crippen MR) is 84.1 cm³/mol. The van der Waals surface area contributed by atoms with E-state index < -0.39 is 0 Å². The second kappa shape index (κ2) is 7.68. The molecule has 120 valence electrons. The zero-order valence-corrected chi connectivity index (χ0v) is 12.9. The van der Waals surface area contributed by atoms with Gasteiger partial charge in [0.05, 0.1) is 7.11 Å². The largest absolute Gasteiger partial charge is 0.497 e. The minimum absolute atomic E-state index is 0.116. The minimum atomic E-state index is -0.231. The molecule has 22 heavy (non-hydrogen) atoms. The molecule has 1 saturated heterocycles. The molecule has 1 aromatic carbocycles. The van der Waals surface area contributed by atoms with E-state index in [1.807, 2.05) is 4.90 Å². The number of carbonyl (C=O) groups excluding carboxylic acids is 1. The first-order valence-electron chi connectivity index (χ1n) is 7.52. The van der Waals surface area contributed by atoms with Crippen LogP contribution in [-0.2, 0) is 4.79 Å². The lowest BCUT2D eigenvalue weighted by Crippen LogP contribution is -2.43. The van der Waals surface area contributed by atoms with E-state index in [2.05, 4.69) is 0 Å². The number of rotatable bonds is 5. The molecule has 1 fully saturated rings. The van der Waals surface area contributed by atoms with Gasteiger partial charge in [0.1, 0.15) is 11.5 Å². The Morgan fingerprint density at radius 3 is 2.68 bits per heavy atom. The molecule has 0 spiro atoms. The van der Waals surface area contributed by atoms with Crippen molar-refractivity contribution in [1.82, 2.24) is 4.90 Å². The highest BCUT2D eigenvalue weighted by Gasteiger charge is 2.21. The lowest BCUT2D eigenvalue weighted by atomic mass is 9.93. The first-order valence-corrected chi connectivity index (χ1v) is 7.52. The van der Waals surface area contributed by atoms with Gasteiger partial charge in [-0.05, 0) is 49.4 Å². The molecule has 1 heterocycles. The third-order valence-corrected chi connectivity index (χ3v) is 3.91. The number of likely N-dealkylation sites (tertiary alicyclic amines) is 1. The van der Waals surface area contributed by atoms with Gasteiger partial charge in [0.25, 0.3) is 0 Å². The molecule has 2 rings (SSSR count). The van der Waals surface area contributed by atoms with E-state index in [1.165, 1.54) is 0 Å². The Morgan fingerprint density at radius 2 is 2.05 bits per heavy atom. The minimum Gasteiger partial charge on any atom is -0.497 e. The van der Waals surface area contributed by atoms with Gasteiger partial charge in [0, 0.05) is 19.5 Å². The summed E-state index contributed by atoms with van der Waals surface area (Å²) in [7, 11) is 1.59. The van der Waals surface area contributed by atoms with Crippen molar-refractivity contribution in [2.24, 2.45) is 11.7 Å². The Hall–Kier alpha value is -2.24. The maximum atomic E-state index is 11.9. The molecule has 6 nitrogen and oxygen atoms in total. The fraction of sp³-hybridized carbons (Fsp3) is 0.500. The summed E-state index contributed by atoms with van der Waals surface area (Å²) >= 11 is 0. The molecule has 0 radical (unpaired) electrons. The van der Waals surface area contributed by atoms with Crippen molar-refractivity contribution >= 4 is 11.9 Å². The van der Waals surface area contributed by atoms with Crippen molar-refractivity contribution in [2.75, 3.05) is 20.2 Å². The number of guanidine groups is 1. The molecule has 0 aliphatic carbocycles. The maximum absolute atomic E-state index is 11.9. The summed E-state index contributed by atoms with van der Waals surface area (Å²) in [4.78, 5) is 13.8. The van der Waals surface area contributed by atoms with Crippen LogP contribution in [0.25, 0.3) is 0 Å². The third kappa shape index (κ3) is 4.65. The average Bonchev–Trinajstić information content (AvgIpc) is 2.54. The van der Waals surface area contributed by atoms with Crippen molar-refractivity contribution in [1.29, 1.82) is 5.41 Å². The first-order chi connectivity index (χ1) is 10.6. The molecule has 0 aromatic heterocycles. The van der Waals surface area contributed by atoms with Crippen LogP contribution in [0.15, 0.2) is 24.3 Å². The zero-order chi connectivity index (χ0) is 15.9. The number of ether oxygens (including phenoxy) is 2. The fourth-order valence-corrected chi connectivity index (χ4v) is 2.67. The summed E-state index contributed by atoms with van der Waals surface area (Å²) in [5.41, 5.74) is 5.52. The standard InChI is InChI=1S/C16H23N3O3/c1-21-13-5-7-14(8-6-13)22-15(20)9-4-12-3-2-10-19(11-12)16(17)18/h5-8,12H,2-4,9-11H2,1H3,(H3,17,18). The molecule has 1 unspecified atom stereocenters. The highest BCUT2D eigenvalue weighted by molar-refractivity contribution is 5.74. The average molecular weight is 305 g/mol. The lowest BCUT2D eigenvalue weighted by molar-refractivity contribution is -0.134. The Balaban J connectivity index is 1.76. The van der Waals surface area contributed by atoms with Crippen LogP contribution in [0.3, 0.4) is 0 Å². The monoisotopic (exact) mass is 305 g/mol. The van der Waals surface area contributed by atoms with Crippen LogP contribution in [0.4, 0.5) is 0 Å². The summed E-state index contributed by atoms with van der Waals surface area (Å²) < 4.78 is 10.4. The van der Waals surface area contributed by atoms with Crippen molar-refractivity contribution in [3.63, 3.8) is 0 Å². The second-order valence-corrected chi connectivity index (χ2v) is 5.53. The normalized spacial score (nSPS) is 17.9. The van der Waals surface area contributed by atoms with Gasteiger partial charge in [0.2, 0.25) is 0 Å². The number of nitrogens with zero attached hydrogens (tertiary/aromatic N) is 1. The fourth-order valence-electron chi connectivity index (χ4n) is 2.67. The van der Waals surface area contributed by atoms with Gasteiger partial charge in [-0.25, -0.2) is 0 Å². The number of nitrogens with two attached hydrogens (primary N) is 1. The molecule has 0 saturated carbocycles. The van der Waals surface area contributed by atoms with Crippen LogP contribution in [0, 0.1) is 11.3 Å². The molecule has 1 aromatic rings. The summed E-state index contributed by atoms with van der Waals surface area (Å²) in [6, 6.07) is 6.95. The lowest BCUT2D eigenvalue weighted by Gasteiger charge is -2.32. The van der Waals surface area contributed by atoms with Gasteiger partial charge in [-0.2, -0.15) is 0 Å². The Labute approximate surface area is 130 Å². The van der Waals surface area contributed by atoms with Crippen molar-refractivity contribution in [3.8, 4) is 11.5 Å². The van der Waals surface area contributed by atoms with Gasteiger partial charge >= 0.3 is 5.97 Å². The molecule has 1 atom stereocenters. The van der Waals surface area contributed by atoms with Crippen LogP contribution in [0.1, 0.15) is 25.7 Å². The number of esters is 1. The third-order valence-electron chi connectivity index (χ3n) is 3.91. The molecule has 1 aliphatic rings. The van der Waals surface area contributed by atoms with E-state index >= 15 is 0 Å². The van der Waals surface area contributed by atoms with Crippen molar-refractivity contribution < 1.29 is 14.3 Å². The van der Waals surface area contributed by atoms with Crippen LogP contribution < -0.4 is 15.2 Å². The van der Waals surface area contributed by atoms with E-state index in [9.17, 15) is 4.79 Å². The van der Waals surface area contributed by atoms with Crippen molar-refractivity contribution in [2.45, 2.75) is 25.7 Å². The smallest absolute Gasteiger partial charge is 0.311 e. The maximum Gasteiger partial charge on any atom is 0.311 e. The van der Waals surface area contributed by atoms with Crippen LogP contribution in [0.2, 0.25) is 0 Å². The van der Waals surface area contributed by atoms with Gasteiger partial charge in [-0.3, -0.25) is 10.2 Å². The van der Waals surface area contributed by atoms with Gasteiger partial charge in [-0.1, -0.05) is 0 Å². The number of methoxy groups -OCH3 is 1. The first kappa shape index (κ1) is 16.1. The highest BCUT2D eigenvalue weighted by Crippen LogP contribution is 2.22. The molecular weight excluding hydrogens is 282 g/mol. The van der Waals surface area contributed by atoms with E-state index in [4.69, 9.17) is 20.6 Å². The summed E-state index contributed by atoms with van der Waals surface area (Å²) in [5.74, 6) is 1.53. The van der Waals surface area contributed by atoms with Crippen LogP contribution >= 0.6 is 0 Å². The van der Waals surface area contributed by atoms with E-state index in [1.54, 1.807) is 31.4 Å².